The van der Waals surface area contributed by atoms with Crippen molar-refractivity contribution in [3.05, 3.63) is 11.8 Å². The molecular weight excluding hydrogens is 198 g/mol. The van der Waals surface area contributed by atoms with E-state index in [9.17, 15) is 9.59 Å². The van der Waals surface area contributed by atoms with E-state index in [1.165, 1.54) is 6.08 Å². The van der Waals surface area contributed by atoms with Crippen LogP contribution in [0.2, 0.25) is 0 Å². The minimum atomic E-state index is -1.45. The van der Waals surface area contributed by atoms with Crippen molar-refractivity contribution in [2.75, 3.05) is 6.54 Å². The van der Waals surface area contributed by atoms with Crippen molar-refractivity contribution in [3.63, 3.8) is 0 Å². The molecule has 0 spiro atoms. The van der Waals surface area contributed by atoms with Gasteiger partial charge in [0.1, 0.15) is 5.76 Å². The summed E-state index contributed by atoms with van der Waals surface area (Å²) in [5.41, 5.74) is 5.21. The SMILES string of the molecule is CCC1(OC(=O)CCN)OC(C)=CC1=O. The topological polar surface area (TPSA) is 78.6 Å². The first-order valence-electron chi connectivity index (χ1n) is 4.87. The zero-order valence-corrected chi connectivity index (χ0v) is 8.91. The predicted octanol–water partition coefficient (Wildman–Crippen LogP) is 0.488. The Balaban J connectivity index is 2.72. The first-order valence-corrected chi connectivity index (χ1v) is 4.87. The lowest BCUT2D eigenvalue weighted by molar-refractivity contribution is -0.208. The molecule has 1 heterocycles. The average Bonchev–Trinajstić information content (AvgIpc) is 2.42. The lowest BCUT2D eigenvalue weighted by Gasteiger charge is -2.26. The summed E-state index contributed by atoms with van der Waals surface area (Å²) in [5.74, 6) is -1.83. The van der Waals surface area contributed by atoms with Gasteiger partial charge in [-0.15, -0.1) is 0 Å². The van der Waals surface area contributed by atoms with Crippen LogP contribution in [-0.2, 0) is 19.1 Å². The number of hydrogen-bond donors (Lipinski definition) is 1. The molecule has 0 fully saturated rings. The Bertz CT molecular complexity index is 311. The summed E-state index contributed by atoms with van der Waals surface area (Å²) in [7, 11) is 0. The summed E-state index contributed by atoms with van der Waals surface area (Å²) in [6.07, 6.45) is 1.70. The summed E-state index contributed by atoms with van der Waals surface area (Å²) >= 11 is 0. The van der Waals surface area contributed by atoms with Crippen molar-refractivity contribution >= 4 is 11.8 Å². The van der Waals surface area contributed by atoms with E-state index in [4.69, 9.17) is 15.2 Å². The lowest BCUT2D eigenvalue weighted by Crippen LogP contribution is -2.41. The van der Waals surface area contributed by atoms with Gasteiger partial charge in [0.05, 0.1) is 6.42 Å². The third-order valence-electron chi connectivity index (χ3n) is 2.13. The number of rotatable bonds is 4. The van der Waals surface area contributed by atoms with Gasteiger partial charge in [0, 0.05) is 19.0 Å². The number of allylic oxidation sites excluding steroid dienone is 1. The summed E-state index contributed by atoms with van der Waals surface area (Å²) in [5, 5.41) is 0. The molecule has 84 valence electrons. The van der Waals surface area contributed by atoms with E-state index >= 15 is 0 Å². The Morgan fingerprint density at radius 3 is 2.73 bits per heavy atom. The zero-order chi connectivity index (χ0) is 11.5. The molecule has 5 nitrogen and oxygen atoms in total. The smallest absolute Gasteiger partial charge is 0.317 e. The molecule has 0 aliphatic carbocycles. The van der Waals surface area contributed by atoms with Crippen molar-refractivity contribution in [1.29, 1.82) is 0 Å². The number of carbonyl (C=O) groups is 2. The fourth-order valence-corrected chi connectivity index (χ4v) is 1.38. The third-order valence-corrected chi connectivity index (χ3v) is 2.13. The van der Waals surface area contributed by atoms with Crippen molar-refractivity contribution in [2.45, 2.75) is 32.5 Å². The van der Waals surface area contributed by atoms with Gasteiger partial charge in [0.2, 0.25) is 5.78 Å². The van der Waals surface area contributed by atoms with Gasteiger partial charge in [-0.2, -0.15) is 0 Å². The highest BCUT2D eigenvalue weighted by atomic mass is 16.7. The standard InChI is InChI=1S/C10H15NO4/c1-3-10(15-9(13)4-5-11)8(12)6-7(2)14-10/h6H,3-5,11H2,1-2H3. The molecular formula is C10H15NO4. The molecule has 2 N–H and O–H groups in total. The van der Waals surface area contributed by atoms with Crippen LogP contribution in [0.15, 0.2) is 11.8 Å². The zero-order valence-electron chi connectivity index (χ0n) is 8.91. The lowest BCUT2D eigenvalue weighted by atomic mass is 10.1. The summed E-state index contributed by atoms with van der Waals surface area (Å²) in [6.45, 7) is 3.56. The van der Waals surface area contributed by atoms with Crippen LogP contribution < -0.4 is 5.73 Å². The van der Waals surface area contributed by atoms with Crippen molar-refractivity contribution in [2.24, 2.45) is 5.73 Å². The predicted molar refractivity (Wildman–Crippen MR) is 52.6 cm³/mol. The molecule has 0 saturated heterocycles. The Hall–Kier alpha value is -1.36. The summed E-state index contributed by atoms with van der Waals surface area (Å²) in [6, 6.07) is 0. The third kappa shape index (κ3) is 2.36. The molecule has 1 aliphatic rings. The maximum Gasteiger partial charge on any atom is 0.317 e. The van der Waals surface area contributed by atoms with Crippen LogP contribution in [0, 0.1) is 0 Å². The highest BCUT2D eigenvalue weighted by molar-refractivity contribution is 5.99. The van der Waals surface area contributed by atoms with Gasteiger partial charge >= 0.3 is 11.8 Å². The van der Waals surface area contributed by atoms with E-state index in [1.54, 1.807) is 13.8 Å². The van der Waals surface area contributed by atoms with Gasteiger partial charge in [-0.05, 0) is 6.92 Å². The Morgan fingerprint density at radius 1 is 1.67 bits per heavy atom. The first-order chi connectivity index (χ1) is 7.04. The van der Waals surface area contributed by atoms with Gasteiger partial charge < -0.3 is 15.2 Å². The van der Waals surface area contributed by atoms with Crippen LogP contribution in [0.4, 0.5) is 0 Å². The molecule has 0 amide bonds. The molecule has 1 aliphatic heterocycles. The molecule has 15 heavy (non-hydrogen) atoms. The Kier molecular flexibility index (Phi) is 3.47. The van der Waals surface area contributed by atoms with E-state index in [2.05, 4.69) is 0 Å². The molecule has 0 aromatic carbocycles. The Morgan fingerprint density at radius 2 is 2.33 bits per heavy atom. The van der Waals surface area contributed by atoms with Crippen LogP contribution in [-0.4, -0.2) is 24.1 Å². The first kappa shape index (κ1) is 11.7. The molecule has 0 aromatic rings. The van der Waals surface area contributed by atoms with Gasteiger partial charge in [-0.1, -0.05) is 6.92 Å². The number of nitrogens with two attached hydrogens (primary N) is 1. The highest BCUT2D eigenvalue weighted by Crippen LogP contribution is 2.29. The van der Waals surface area contributed by atoms with Crippen LogP contribution >= 0.6 is 0 Å². The fourth-order valence-electron chi connectivity index (χ4n) is 1.38. The number of esters is 1. The fraction of sp³-hybridized carbons (Fsp3) is 0.600. The van der Waals surface area contributed by atoms with Crippen LogP contribution in [0.5, 0.6) is 0 Å². The Labute approximate surface area is 88.2 Å². The van der Waals surface area contributed by atoms with Gasteiger partial charge in [-0.3, -0.25) is 9.59 Å². The van der Waals surface area contributed by atoms with Gasteiger partial charge in [-0.25, -0.2) is 0 Å². The number of ether oxygens (including phenoxy) is 2. The van der Waals surface area contributed by atoms with E-state index in [0.29, 0.717) is 5.76 Å². The minimum absolute atomic E-state index is 0.0808. The van der Waals surface area contributed by atoms with Gasteiger partial charge in [0.15, 0.2) is 0 Å². The minimum Gasteiger partial charge on any atom is -0.450 e. The second kappa shape index (κ2) is 4.44. The molecule has 1 unspecified atom stereocenters. The number of ketones is 1. The summed E-state index contributed by atoms with van der Waals surface area (Å²) in [4.78, 5) is 22.8. The second-order valence-corrected chi connectivity index (χ2v) is 3.34. The van der Waals surface area contributed by atoms with E-state index in [0.717, 1.165) is 0 Å². The number of hydrogen-bond acceptors (Lipinski definition) is 5. The number of carbonyl (C=O) groups excluding carboxylic acids is 2. The van der Waals surface area contributed by atoms with Crippen LogP contribution in [0.3, 0.4) is 0 Å². The maximum absolute atomic E-state index is 11.6. The van der Waals surface area contributed by atoms with Crippen LogP contribution in [0.1, 0.15) is 26.7 Å². The van der Waals surface area contributed by atoms with E-state index in [1.807, 2.05) is 0 Å². The molecule has 1 atom stereocenters. The summed E-state index contributed by atoms with van der Waals surface area (Å²) < 4.78 is 10.3. The quantitative estimate of drug-likeness (QED) is 0.687. The molecule has 0 saturated carbocycles. The van der Waals surface area contributed by atoms with Crippen LogP contribution in [0.25, 0.3) is 0 Å². The average molecular weight is 213 g/mol. The highest BCUT2D eigenvalue weighted by Gasteiger charge is 2.45. The monoisotopic (exact) mass is 213 g/mol. The largest absolute Gasteiger partial charge is 0.450 e. The maximum atomic E-state index is 11.6. The van der Waals surface area contributed by atoms with Crippen molar-refractivity contribution < 1.29 is 19.1 Å². The second-order valence-electron chi connectivity index (χ2n) is 3.34. The molecule has 0 bridgehead atoms. The molecule has 5 heteroatoms. The normalized spacial score (nSPS) is 24.7. The van der Waals surface area contributed by atoms with Crippen molar-refractivity contribution in [3.8, 4) is 0 Å². The van der Waals surface area contributed by atoms with Crippen molar-refractivity contribution in [1.82, 2.24) is 0 Å². The molecule has 0 radical (unpaired) electrons. The molecule has 0 aromatic heterocycles. The van der Waals surface area contributed by atoms with E-state index in [-0.39, 0.29) is 25.2 Å². The van der Waals surface area contributed by atoms with E-state index < -0.39 is 11.8 Å². The molecule has 1 rings (SSSR count). The van der Waals surface area contributed by atoms with Gasteiger partial charge in [0.25, 0.3) is 0 Å².